The van der Waals surface area contributed by atoms with Gasteiger partial charge in [0.15, 0.2) is 0 Å². The minimum Gasteiger partial charge on any atom is -0.349 e. The van der Waals surface area contributed by atoms with E-state index in [1.165, 1.54) is 11.3 Å². The van der Waals surface area contributed by atoms with Gasteiger partial charge in [-0.3, -0.25) is 9.59 Å². The number of nitrogens with one attached hydrogen (secondary N) is 2. The molecule has 3 rings (SSSR count). The summed E-state index contributed by atoms with van der Waals surface area (Å²) in [6.45, 7) is 2.19. The fraction of sp³-hybridized carbons (Fsp3) is 0.312. The van der Waals surface area contributed by atoms with Gasteiger partial charge in [0.1, 0.15) is 10.7 Å². The summed E-state index contributed by atoms with van der Waals surface area (Å²) in [7, 11) is 0. The third-order valence-corrected chi connectivity index (χ3v) is 4.49. The van der Waals surface area contributed by atoms with Gasteiger partial charge in [0.25, 0.3) is 11.8 Å². The lowest BCUT2D eigenvalue weighted by atomic mass is 10.1. The second-order valence-corrected chi connectivity index (χ2v) is 6.50. The molecular weight excluding hydrogens is 312 g/mol. The number of aromatic nitrogens is 1. The lowest BCUT2D eigenvalue weighted by molar-refractivity contribution is 0.0949. The number of nitrogens with zero attached hydrogens (tertiary/aromatic N) is 1. The third kappa shape index (κ3) is 3.75. The van der Waals surface area contributed by atoms with Crippen molar-refractivity contribution in [1.29, 1.82) is 0 Å². The van der Waals surface area contributed by atoms with E-state index in [1.807, 2.05) is 13.0 Å². The van der Waals surface area contributed by atoms with E-state index in [9.17, 15) is 9.59 Å². The van der Waals surface area contributed by atoms with Crippen molar-refractivity contribution in [3.8, 4) is 0 Å². The zero-order valence-electron chi connectivity index (χ0n) is 12.8. The Labute approximate surface area is 138 Å². The highest BCUT2D eigenvalue weighted by Crippen LogP contribution is 2.22. The summed E-state index contributed by atoms with van der Waals surface area (Å²) < 4.78 is 0. The first-order chi connectivity index (χ1) is 11.1. The van der Waals surface area contributed by atoms with Gasteiger partial charge in [-0.05, 0) is 37.5 Å². The number of carbonyl (C=O) groups is 2. The lowest BCUT2D eigenvalue weighted by Crippen LogP contribution is -2.25. The Morgan fingerprint density at radius 1 is 1.35 bits per heavy atom. The van der Waals surface area contributed by atoms with E-state index < -0.39 is 0 Å². The number of benzene rings is 1. The van der Waals surface area contributed by atoms with Gasteiger partial charge in [-0.1, -0.05) is 6.07 Å². The quantitative estimate of drug-likeness (QED) is 0.781. The molecule has 1 aromatic carbocycles. The molecule has 1 heterocycles. The topological polar surface area (TPSA) is 97.1 Å². The molecule has 0 saturated heterocycles. The van der Waals surface area contributed by atoms with E-state index in [2.05, 4.69) is 15.6 Å². The van der Waals surface area contributed by atoms with Gasteiger partial charge in [-0.25, -0.2) is 4.98 Å². The van der Waals surface area contributed by atoms with Crippen molar-refractivity contribution in [3.05, 3.63) is 45.4 Å². The second kappa shape index (κ2) is 6.47. The summed E-state index contributed by atoms with van der Waals surface area (Å²) >= 11 is 1.35. The van der Waals surface area contributed by atoms with Crippen molar-refractivity contribution in [2.75, 3.05) is 5.32 Å². The number of hydrogen-bond donors (Lipinski definition) is 3. The number of rotatable bonds is 5. The summed E-state index contributed by atoms with van der Waals surface area (Å²) in [4.78, 5) is 28.5. The molecule has 0 radical (unpaired) electrons. The highest BCUT2D eigenvalue weighted by atomic mass is 32.1. The fourth-order valence-corrected chi connectivity index (χ4v) is 2.74. The van der Waals surface area contributed by atoms with Crippen molar-refractivity contribution < 1.29 is 9.59 Å². The summed E-state index contributed by atoms with van der Waals surface area (Å²) in [5.41, 5.74) is 7.88. The predicted molar refractivity (Wildman–Crippen MR) is 89.6 cm³/mol. The van der Waals surface area contributed by atoms with Crippen LogP contribution in [0.3, 0.4) is 0 Å². The SMILES string of the molecule is Cc1ccc(C(=O)NC2CC2)cc1NC(=O)c1csc(CN)n1. The molecule has 23 heavy (non-hydrogen) atoms. The van der Waals surface area contributed by atoms with E-state index >= 15 is 0 Å². The lowest BCUT2D eigenvalue weighted by Gasteiger charge is -2.10. The Morgan fingerprint density at radius 2 is 2.13 bits per heavy atom. The molecule has 120 valence electrons. The smallest absolute Gasteiger partial charge is 0.275 e. The van der Waals surface area contributed by atoms with Crippen LogP contribution in [0.4, 0.5) is 5.69 Å². The summed E-state index contributed by atoms with van der Waals surface area (Å²) in [6.07, 6.45) is 2.07. The van der Waals surface area contributed by atoms with E-state index in [0.717, 1.165) is 18.4 Å². The molecule has 4 N–H and O–H groups in total. The Bertz CT molecular complexity index is 752. The van der Waals surface area contributed by atoms with Gasteiger partial charge >= 0.3 is 0 Å². The minimum atomic E-state index is -0.302. The first-order valence-electron chi connectivity index (χ1n) is 7.44. The average molecular weight is 330 g/mol. The van der Waals surface area contributed by atoms with Crippen LogP contribution in [0, 0.1) is 6.92 Å². The number of nitrogens with two attached hydrogens (primary N) is 1. The third-order valence-electron chi connectivity index (χ3n) is 3.62. The number of thiazole rings is 1. The van der Waals surface area contributed by atoms with Crippen molar-refractivity contribution in [2.24, 2.45) is 5.73 Å². The van der Waals surface area contributed by atoms with Gasteiger partial charge in [-0.15, -0.1) is 11.3 Å². The van der Waals surface area contributed by atoms with E-state index in [0.29, 0.717) is 34.5 Å². The first kappa shape index (κ1) is 15.6. The fourth-order valence-electron chi connectivity index (χ4n) is 2.09. The van der Waals surface area contributed by atoms with Crippen molar-refractivity contribution in [3.63, 3.8) is 0 Å². The molecule has 0 bridgehead atoms. The molecule has 7 heteroatoms. The number of carbonyl (C=O) groups excluding carboxylic acids is 2. The highest BCUT2D eigenvalue weighted by Gasteiger charge is 2.24. The van der Waals surface area contributed by atoms with Crippen LogP contribution in [-0.2, 0) is 6.54 Å². The molecule has 0 unspecified atom stereocenters. The van der Waals surface area contributed by atoms with Gasteiger partial charge in [0.05, 0.1) is 0 Å². The van der Waals surface area contributed by atoms with Crippen LogP contribution in [0.25, 0.3) is 0 Å². The molecule has 0 spiro atoms. The zero-order chi connectivity index (χ0) is 16.4. The molecule has 1 fully saturated rings. The monoisotopic (exact) mass is 330 g/mol. The molecule has 2 aromatic rings. The zero-order valence-corrected chi connectivity index (χ0v) is 13.6. The molecule has 1 aliphatic carbocycles. The van der Waals surface area contributed by atoms with E-state index in [1.54, 1.807) is 17.5 Å². The highest BCUT2D eigenvalue weighted by molar-refractivity contribution is 7.09. The van der Waals surface area contributed by atoms with E-state index in [-0.39, 0.29) is 11.8 Å². The molecule has 1 saturated carbocycles. The largest absolute Gasteiger partial charge is 0.349 e. The Balaban J connectivity index is 1.75. The maximum absolute atomic E-state index is 12.3. The maximum atomic E-state index is 12.3. The standard InChI is InChI=1S/C16H18N4O2S/c1-9-2-3-10(15(21)18-11-4-5-11)6-12(9)20-16(22)13-8-23-14(7-17)19-13/h2-3,6,8,11H,4-5,7,17H2,1H3,(H,18,21)(H,20,22). The minimum absolute atomic E-state index is 0.109. The van der Waals surface area contributed by atoms with Crippen molar-refractivity contribution in [2.45, 2.75) is 32.4 Å². The normalized spacial score (nSPS) is 13.7. The van der Waals surface area contributed by atoms with Crippen LogP contribution >= 0.6 is 11.3 Å². The van der Waals surface area contributed by atoms with Crippen LogP contribution in [-0.4, -0.2) is 22.8 Å². The Kier molecular flexibility index (Phi) is 4.40. The van der Waals surface area contributed by atoms with Gasteiger partial charge in [0, 0.05) is 29.2 Å². The van der Waals surface area contributed by atoms with Crippen LogP contribution in [0.1, 0.15) is 44.3 Å². The van der Waals surface area contributed by atoms with Crippen LogP contribution in [0.5, 0.6) is 0 Å². The van der Waals surface area contributed by atoms with Crippen LogP contribution in [0.2, 0.25) is 0 Å². The number of anilines is 1. The number of aryl methyl sites for hydroxylation is 1. The maximum Gasteiger partial charge on any atom is 0.275 e. The van der Waals surface area contributed by atoms with Crippen LogP contribution < -0.4 is 16.4 Å². The first-order valence-corrected chi connectivity index (χ1v) is 8.32. The molecule has 6 nitrogen and oxygen atoms in total. The van der Waals surface area contributed by atoms with E-state index in [4.69, 9.17) is 5.73 Å². The van der Waals surface area contributed by atoms with Gasteiger partial charge < -0.3 is 16.4 Å². The number of amides is 2. The molecule has 1 aromatic heterocycles. The average Bonchev–Trinajstić information content (AvgIpc) is 3.22. The summed E-state index contributed by atoms with van der Waals surface area (Å²) in [5, 5.41) is 8.14. The predicted octanol–water partition coefficient (Wildman–Crippen LogP) is 2.05. The Morgan fingerprint density at radius 3 is 2.78 bits per heavy atom. The summed E-state index contributed by atoms with van der Waals surface area (Å²) in [5.74, 6) is -0.411. The summed E-state index contributed by atoms with van der Waals surface area (Å²) in [6, 6.07) is 5.58. The van der Waals surface area contributed by atoms with Gasteiger partial charge in [0.2, 0.25) is 0 Å². The van der Waals surface area contributed by atoms with Gasteiger partial charge in [-0.2, -0.15) is 0 Å². The molecule has 0 atom stereocenters. The van der Waals surface area contributed by atoms with Crippen molar-refractivity contribution in [1.82, 2.24) is 10.3 Å². The molecule has 0 aliphatic heterocycles. The molecule has 2 amide bonds. The Hall–Kier alpha value is -2.25. The molecular formula is C16H18N4O2S. The molecule has 1 aliphatic rings. The number of hydrogen-bond acceptors (Lipinski definition) is 5. The van der Waals surface area contributed by atoms with Crippen LogP contribution in [0.15, 0.2) is 23.6 Å². The van der Waals surface area contributed by atoms with Crippen molar-refractivity contribution >= 4 is 28.8 Å². The second-order valence-electron chi connectivity index (χ2n) is 5.56.